The molecule has 1 rings (SSSR count). The molecule has 0 aromatic carbocycles. The first kappa shape index (κ1) is 9.99. The van der Waals surface area contributed by atoms with E-state index in [0.29, 0.717) is 12.4 Å². The highest BCUT2D eigenvalue weighted by Crippen LogP contribution is 2.08. The number of nitrogens with zero attached hydrogens (tertiary/aromatic N) is 1. The van der Waals surface area contributed by atoms with E-state index in [1.54, 1.807) is 6.20 Å². The van der Waals surface area contributed by atoms with E-state index in [4.69, 9.17) is 10.5 Å². The van der Waals surface area contributed by atoms with Crippen LogP contribution in [0.1, 0.15) is 25.3 Å². The van der Waals surface area contributed by atoms with Gasteiger partial charge in [0, 0.05) is 18.8 Å². The lowest BCUT2D eigenvalue weighted by molar-refractivity contribution is 0.297. The van der Waals surface area contributed by atoms with E-state index in [1.807, 2.05) is 12.1 Å². The highest BCUT2D eigenvalue weighted by Gasteiger charge is 1.95. The maximum Gasteiger partial charge on any atom is 0.213 e. The SMILES string of the molecule is CCCCOc1cc(CN)ccn1. The van der Waals surface area contributed by atoms with Crippen LogP contribution in [0.15, 0.2) is 18.3 Å². The summed E-state index contributed by atoms with van der Waals surface area (Å²) in [6.07, 6.45) is 3.93. The van der Waals surface area contributed by atoms with Gasteiger partial charge in [-0.05, 0) is 18.1 Å². The summed E-state index contributed by atoms with van der Waals surface area (Å²) < 4.78 is 5.42. The number of nitrogens with two attached hydrogens (primary N) is 1. The Bertz CT molecular complexity index is 250. The Kier molecular flexibility index (Phi) is 4.26. The third kappa shape index (κ3) is 3.42. The van der Waals surface area contributed by atoms with Crippen LogP contribution in [0.2, 0.25) is 0 Å². The Balaban J connectivity index is 2.46. The van der Waals surface area contributed by atoms with Gasteiger partial charge in [0.1, 0.15) is 0 Å². The minimum absolute atomic E-state index is 0.534. The van der Waals surface area contributed by atoms with Gasteiger partial charge in [0.15, 0.2) is 0 Å². The van der Waals surface area contributed by atoms with Gasteiger partial charge in [0.2, 0.25) is 5.88 Å². The quantitative estimate of drug-likeness (QED) is 0.702. The molecule has 0 fully saturated rings. The molecule has 72 valence electrons. The fourth-order valence-electron chi connectivity index (χ4n) is 0.977. The third-order valence-corrected chi connectivity index (χ3v) is 1.78. The van der Waals surface area contributed by atoms with E-state index in [1.165, 1.54) is 0 Å². The van der Waals surface area contributed by atoms with Crippen LogP contribution in [-0.2, 0) is 6.54 Å². The second kappa shape index (κ2) is 5.54. The first-order chi connectivity index (χ1) is 6.36. The number of hydrogen-bond acceptors (Lipinski definition) is 3. The van der Waals surface area contributed by atoms with Crippen molar-refractivity contribution in [1.29, 1.82) is 0 Å². The van der Waals surface area contributed by atoms with Crippen molar-refractivity contribution < 1.29 is 4.74 Å². The topological polar surface area (TPSA) is 48.1 Å². The van der Waals surface area contributed by atoms with Gasteiger partial charge in [-0.15, -0.1) is 0 Å². The maximum atomic E-state index is 5.49. The van der Waals surface area contributed by atoms with Gasteiger partial charge >= 0.3 is 0 Å². The maximum absolute atomic E-state index is 5.49. The lowest BCUT2D eigenvalue weighted by Gasteiger charge is -2.04. The molecule has 0 aliphatic carbocycles. The molecule has 13 heavy (non-hydrogen) atoms. The average molecular weight is 180 g/mol. The van der Waals surface area contributed by atoms with E-state index in [-0.39, 0.29) is 0 Å². The van der Waals surface area contributed by atoms with Crippen molar-refractivity contribution in [3.63, 3.8) is 0 Å². The summed E-state index contributed by atoms with van der Waals surface area (Å²) in [5, 5.41) is 0. The van der Waals surface area contributed by atoms with Crippen molar-refractivity contribution in [2.45, 2.75) is 26.3 Å². The normalized spacial score (nSPS) is 10.0. The molecule has 0 saturated heterocycles. The molecule has 0 radical (unpaired) electrons. The molecule has 0 spiro atoms. The molecular weight excluding hydrogens is 164 g/mol. The molecular formula is C10H16N2O. The number of ether oxygens (including phenoxy) is 1. The molecule has 1 heterocycles. The highest BCUT2D eigenvalue weighted by molar-refractivity contribution is 5.19. The van der Waals surface area contributed by atoms with Crippen LogP contribution in [0.25, 0.3) is 0 Å². The predicted octanol–water partition coefficient (Wildman–Crippen LogP) is 1.72. The number of pyridine rings is 1. The van der Waals surface area contributed by atoms with Gasteiger partial charge in [-0.25, -0.2) is 4.98 Å². The van der Waals surface area contributed by atoms with Crippen LogP contribution in [0.4, 0.5) is 0 Å². The van der Waals surface area contributed by atoms with E-state index in [9.17, 15) is 0 Å². The molecule has 1 aromatic heterocycles. The van der Waals surface area contributed by atoms with Crippen molar-refractivity contribution in [3.8, 4) is 5.88 Å². The predicted molar refractivity (Wildman–Crippen MR) is 52.5 cm³/mol. The zero-order valence-corrected chi connectivity index (χ0v) is 7.99. The summed E-state index contributed by atoms with van der Waals surface area (Å²) in [7, 11) is 0. The fourth-order valence-corrected chi connectivity index (χ4v) is 0.977. The van der Waals surface area contributed by atoms with Crippen LogP contribution in [0.5, 0.6) is 5.88 Å². The fraction of sp³-hybridized carbons (Fsp3) is 0.500. The molecule has 1 aromatic rings. The van der Waals surface area contributed by atoms with Crippen molar-refractivity contribution in [3.05, 3.63) is 23.9 Å². The molecule has 3 nitrogen and oxygen atoms in total. The average Bonchev–Trinajstić information content (AvgIpc) is 2.19. The smallest absolute Gasteiger partial charge is 0.213 e. The molecule has 0 saturated carbocycles. The lowest BCUT2D eigenvalue weighted by atomic mass is 10.3. The van der Waals surface area contributed by atoms with Crippen molar-refractivity contribution in [1.82, 2.24) is 4.98 Å². The molecule has 0 unspecified atom stereocenters. The summed E-state index contributed by atoms with van der Waals surface area (Å²) in [4.78, 5) is 4.08. The second-order valence-corrected chi connectivity index (χ2v) is 2.91. The van der Waals surface area contributed by atoms with Crippen LogP contribution in [-0.4, -0.2) is 11.6 Å². The summed E-state index contributed by atoms with van der Waals surface area (Å²) in [5.41, 5.74) is 6.55. The number of unbranched alkanes of at least 4 members (excludes halogenated alkanes) is 1. The molecule has 2 N–H and O–H groups in total. The van der Waals surface area contributed by atoms with Crippen LogP contribution in [0.3, 0.4) is 0 Å². The number of aromatic nitrogens is 1. The summed E-state index contributed by atoms with van der Waals surface area (Å²) >= 11 is 0. The van der Waals surface area contributed by atoms with Crippen LogP contribution in [0, 0.1) is 0 Å². The number of rotatable bonds is 5. The van der Waals surface area contributed by atoms with Crippen LogP contribution >= 0.6 is 0 Å². The van der Waals surface area contributed by atoms with E-state index in [2.05, 4.69) is 11.9 Å². The van der Waals surface area contributed by atoms with Gasteiger partial charge in [-0.2, -0.15) is 0 Å². The van der Waals surface area contributed by atoms with Crippen molar-refractivity contribution in [2.24, 2.45) is 5.73 Å². The van der Waals surface area contributed by atoms with Gasteiger partial charge in [0.05, 0.1) is 6.61 Å². The van der Waals surface area contributed by atoms with E-state index < -0.39 is 0 Å². The summed E-state index contributed by atoms with van der Waals surface area (Å²) in [5.74, 6) is 0.677. The van der Waals surface area contributed by atoms with Gasteiger partial charge in [-0.1, -0.05) is 13.3 Å². The molecule has 0 aliphatic heterocycles. The molecule has 0 atom stereocenters. The second-order valence-electron chi connectivity index (χ2n) is 2.91. The monoisotopic (exact) mass is 180 g/mol. The molecule has 0 bridgehead atoms. The first-order valence-electron chi connectivity index (χ1n) is 4.64. The first-order valence-corrected chi connectivity index (χ1v) is 4.64. The highest BCUT2D eigenvalue weighted by atomic mass is 16.5. The Hall–Kier alpha value is -1.09. The number of hydrogen-bond donors (Lipinski definition) is 1. The van der Waals surface area contributed by atoms with Crippen LogP contribution < -0.4 is 10.5 Å². The Morgan fingerprint density at radius 2 is 2.38 bits per heavy atom. The van der Waals surface area contributed by atoms with E-state index in [0.717, 1.165) is 25.0 Å². The summed E-state index contributed by atoms with van der Waals surface area (Å²) in [6.45, 7) is 3.40. The minimum atomic E-state index is 0.534. The lowest BCUT2D eigenvalue weighted by Crippen LogP contribution is -2.01. The Morgan fingerprint density at radius 1 is 1.54 bits per heavy atom. The Labute approximate surface area is 78.9 Å². The largest absolute Gasteiger partial charge is 0.478 e. The Morgan fingerprint density at radius 3 is 3.08 bits per heavy atom. The molecule has 3 heteroatoms. The standard InChI is InChI=1S/C10H16N2O/c1-2-3-6-13-10-7-9(8-11)4-5-12-10/h4-5,7H,2-3,6,8,11H2,1H3. The molecule has 0 amide bonds. The van der Waals surface area contributed by atoms with Gasteiger partial charge in [-0.3, -0.25) is 0 Å². The molecule has 0 aliphatic rings. The zero-order chi connectivity index (χ0) is 9.52. The zero-order valence-electron chi connectivity index (χ0n) is 7.99. The van der Waals surface area contributed by atoms with Gasteiger partial charge < -0.3 is 10.5 Å². The van der Waals surface area contributed by atoms with E-state index >= 15 is 0 Å². The summed E-state index contributed by atoms with van der Waals surface area (Å²) in [6, 6.07) is 3.78. The van der Waals surface area contributed by atoms with Crippen molar-refractivity contribution in [2.75, 3.05) is 6.61 Å². The van der Waals surface area contributed by atoms with Gasteiger partial charge in [0.25, 0.3) is 0 Å². The third-order valence-electron chi connectivity index (χ3n) is 1.78. The van der Waals surface area contributed by atoms with Crippen molar-refractivity contribution >= 4 is 0 Å². The minimum Gasteiger partial charge on any atom is -0.478 e.